The molecule has 174 valence electrons. The lowest BCUT2D eigenvalue weighted by Crippen LogP contribution is -2.39. The number of carbonyl (C=O) groups excluding carboxylic acids is 4. The van der Waals surface area contributed by atoms with Crippen LogP contribution in [0.25, 0.3) is 10.4 Å². The third-order valence-electron chi connectivity index (χ3n) is 5.97. The number of nitrogens with two attached hydrogens (primary N) is 2. The first-order valence-corrected chi connectivity index (χ1v) is 10.3. The molecular weight excluding hydrogens is 442 g/mol. The van der Waals surface area contributed by atoms with E-state index in [1.165, 1.54) is 11.5 Å². The highest BCUT2D eigenvalue weighted by Gasteiger charge is 2.45. The molecule has 2 heterocycles. The molecule has 0 bridgehead atoms. The van der Waals surface area contributed by atoms with Crippen molar-refractivity contribution < 1.29 is 23.9 Å². The van der Waals surface area contributed by atoms with Gasteiger partial charge in [0.15, 0.2) is 0 Å². The molecule has 34 heavy (non-hydrogen) atoms. The van der Waals surface area contributed by atoms with Gasteiger partial charge in [-0.3, -0.25) is 14.4 Å². The summed E-state index contributed by atoms with van der Waals surface area (Å²) in [4.78, 5) is 52.9. The molecule has 4 rings (SSSR count). The van der Waals surface area contributed by atoms with Crippen LogP contribution in [0.4, 0.5) is 4.79 Å². The van der Waals surface area contributed by atoms with Crippen molar-refractivity contribution in [2.75, 3.05) is 0 Å². The van der Waals surface area contributed by atoms with Crippen molar-refractivity contribution in [2.45, 2.75) is 38.6 Å². The number of benzene rings is 1. The van der Waals surface area contributed by atoms with E-state index < -0.39 is 36.4 Å². The lowest BCUT2D eigenvalue weighted by molar-refractivity contribution is -0.121. The highest BCUT2D eigenvalue weighted by molar-refractivity contribution is 6.26. The molecule has 2 aromatic rings. The quantitative estimate of drug-likeness (QED) is 0.331. The van der Waals surface area contributed by atoms with Gasteiger partial charge in [0.1, 0.15) is 18.3 Å². The number of aromatic nitrogens is 1. The minimum atomic E-state index is -1.09. The highest BCUT2D eigenvalue weighted by Crippen LogP contribution is 2.41. The summed E-state index contributed by atoms with van der Waals surface area (Å²) >= 11 is 0. The Morgan fingerprint density at radius 2 is 1.97 bits per heavy atom. The first-order chi connectivity index (χ1) is 16.2. The second-order valence-corrected chi connectivity index (χ2v) is 7.99. The van der Waals surface area contributed by atoms with E-state index in [0.717, 1.165) is 5.56 Å². The van der Waals surface area contributed by atoms with E-state index >= 15 is 0 Å². The second kappa shape index (κ2) is 8.75. The van der Waals surface area contributed by atoms with E-state index in [1.807, 2.05) is 30.3 Å². The van der Waals surface area contributed by atoms with Crippen LogP contribution in [0.2, 0.25) is 0 Å². The van der Waals surface area contributed by atoms with E-state index in [4.69, 9.17) is 16.2 Å². The van der Waals surface area contributed by atoms with Crippen LogP contribution >= 0.6 is 0 Å². The summed E-state index contributed by atoms with van der Waals surface area (Å²) in [7, 11) is 0. The number of carbonyl (C=O) groups is 4. The number of nitrogens with one attached hydrogen (secondary N) is 1. The van der Waals surface area contributed by atoms with Gasteiger partial charge in [0, 0.05) is 28.3 Å². The first kappa shape index (κ1) is 22.6. The van der Waals surface area contributed by atoms with E-state index in [1.54, 1.807) is 0 Å². The number of ether oxygens (including phenoxy) is 1. The van der Waals surface area contributed by atoms with Crippen LogP contribution in [0.1, 0.15) is 50.6 Å². The maximum Gasteiger partial charge on any atom is 0.404 e. The molecule has 1 aliphatic heterocycles. The normalized spacial score (nSPS) is 18.7. The van der Waals surface area contributed by atoms with Gasteiger partial charge in [0.2, 0.25) is 17.5 Å². The Morgan fingerprint density at radius 1 is 1.26 bits per heavy atom. The van der Waals surface area contributed by atoms with Crippen LogP contribution in [0.5, 0.6) is 0 Å². The lowest BCUT2D eigenvalue weighted by Gasteiger charge is -2.20. The SMILES string of the molecule is CC1=C(N)C(=O)c2c(COC(N)=O)c3n(c2C1=O)CC(NC(=O)Cc1ccccc1)C3N=[N+]=[N-]. The molecule has 0 radical (unpaired) electrons. The first-order valence-electron chi connectivity index (χ1n) is 10.3. The largest absolute Gasteiger partial charge is 0.445 e. The number of hydrogen-bond acceptors (Lipinski definition) is 7. The van der Waals surface area contributed by atoms with Crippen LogP contribution in [-0.2, 0) is 29.1 Å². The Hall–Kier alpha value is -4.57. The maximum atomic E-state index is 13.1. The maximum absolute atomic E-state index is 13.1. The third-order valence-corrected chi connectivity index (χ3v) is 5.97. The molecule has 2 atom stereocenters. The monoisotopic (exact) mass is 463 g/mol. The van der Waals surface area contributed by atoms with Crippen molar-refractivity contribution in [3.8, 4) is 0 Å². The van der Waals surface area contributed by atoms with Crippen LogP contribution in [0.15, 0.2) is 46.7 Å². The number of amides is 2. The number of ketones is 2. The summed E-state index contributed by atoms with van der Waals surface area (Å²) in [5.74, 6) is -1.39. The van der Waals surface area contributed by atoms with E-state index in [0.29, 0.717) is 5.69 Å². The number of allylic oxidation sites excluding steroid dienone is 2. The predicted molar refractivity (Wildman–Crippen MR) is 118 cm³/mol. The number of primary amides is 1. The Bertz CT molecular complexity index is 1300. The Morgan fingerprint density at radius 3 is 2.62 bits per heavy atom. The fourth-order valence-corrected chi connectivity index (χ4v) is 4.43. The average molecular weight is 463 g/mol. The van der Waals surface area contributed by atoms with Crippen molar-refractivity contribution in [3.05, 3.63) is 80.1 Å². The molecule has 0 saturated carbocycles. The van der Waals surface area contributed by atoms with Gasteiger partial charge < -0.3 is 26.1 Å². The molecule has 1 aliphatic carbocycles. The minimum Gasteiger partial charge on any atom is -0.445 e. The smallest absolute Gasteiger partial charge is 0.404 e. The molecule has 2 unspecified atom stereocenters. The van der Waals surface area contributed by atoms with Crippen molar-refractivity contribution in [2.24, 2.45) is 16.6 Å². The molecular formula is C22H21N7O5. The summed E-state index contributed by atoms with van der Waals surface area (Å²) in [6.07, 6.45) is -0.991. The topological polar surface area (TPSA) is 195 Å². The van der Waals surface area contributed by atoms with Gasteiger partial charge in [-0.05, 0) is 18.0 Å². The van der Waals surface area contributed by atoms with Gasteiger partial charge in [0.25, 0.3) is 0 Å². The summed E-state index contributed by atoms with van der Waals surface area (Å²) in [6.45, 7) is 1.06. The number of rotatable bonds is 6. The predicted octanol–water partition coefficient (Wildman–Crippen LogP) is 1.79. The molecule has 2 aliphatic rings. The van der Waals surface area contributed by atoms with Gasteiger partial charge in [-0.2, -0.15) is 0 Å². The Labute approximate surface area is 193 Å². The van der Waals surface area contributed by atoms with Gasteiger partial charge in [-0.15, -0.1) is 0 Å². The number of Topliss-reactive ketones (excluding diaryl/α,β-unsaturated/α-hetero) is 2. The van der Waals surface area contributed by atoms with Gasteiger partial charge in [-0.1, -0.05) is 35.4 Å². The van der Waals surface area contributed by atoms with Crippen LogP contribution < -0.4 is 16.8 Å². The van der Waals surface area contributed by atoms with Crippen LogP contribution in [0.3, 0.4) is 0 Å². The minimum absolute atomic E-state index is 0.0171. The Balaban J connectivity index is 1.75. The van der Waals surface area contributed by atoms with E-state index in [-0.39, 0.29) is 47.0 Å². The van der Waals surface area contributed by atoms with Crippen molar-refractivity contribution in [1.29, 1.82) is 0 Å². The summed E-state index contributed by atoms with van der Waals surface area (Å²) in [6, 6.07) is 7.41. The summed E-state index contributed by atoms with van der Waals surface area (Å²) in [5, 5.41) is 6.68. The molecule has 1 aromatic heterocycles. The number of fused-ring (bicyclic) bond motifs is 3. The number of nitrogens with zero attached hydrogens (tertiary/aromatic N) is 4. The molecule has 12 heteroatoms. The Kier molecular flexibility index (Phi) is 5.82. The average Bonchev–Trinajstić information content (AvgIpc) is 3.30. The fourth-order valence-electron chi connectivity index (χ4n) is 4.43. The molecule has 2 amide bonds. The highest BCUT2D eigenvalue weighted by atomic mass is 16.5. The zero-order valence-electron chi connectivity index (χ0n) is 18.1. The number of azide groups is 1. The fraction of sp³-hybridized carbons (Fsp3) is 0.273. The molecule has 12 nitrogen and oxygen atoms in total. The molecule has 1 aromatic carbocycles. The lowest BCUT2D eigenvalue weighted by atomic mass is 9.89. The molecule has 0 saturated heterocycles. The zero-order valence-corrected chi connectivity index (χ0v) is 18.1. The van der Waals surface area contributed by atoms with Crippen LogP contribution in [-0.4, -0.2) is 34.2 Å². The summed E-state index contributed by atoms with van der Waals surface area (Å²) in [5.41, 5.74) is 21.3. The van der Waals surface area contributed by atoms with Gasteiger partial charge in [-0.25, -0.2) is 4.79 Å². The molecule has 0 fully saturated rings. The standard InChI is InChI=1S/C22H21N7O5/c1-10-16(23)21(32)15-12(9-34-22(24)33)18-17(27-28-25)13(8-29(18)19(15)20(10)31)26-14(30)7-11-5-3-2-4-6-11/h2-6,13,17H,7-9,23H2,1H3,(H2,24,33)(H,26,30). The summed E-state index contributed by atoms with van der Waals surface area (Å²) < 4.78 is 6.45. The third kappa shape index (κ3) is 3.76. The van der Waals surface area contributed by atoms with Gasteiger partial charge >= 0.3 is 6.09 Å². The molecule has 0 spiro atoms. The molecule has 5 N–H and O–H groups in total. The van der Waals surface area contributed by atoms with Crippen molar-refractivity contribution >= 4 is 23.6 Å². The van der Waals surface area contributed by atoms with Crippen molar-refractivity contribution in [1.82, 2.24) is 9.88 Å². The van der Waals surface area contributed by atoms with E-state index in [9.17, 15) is 24.7 Å². The van der Waals surface area contributed by atoms with Crippen molar-refractivity contribution in [3.63, 3.8) is 0 Å². The zero-order chi connectivity index (χ0) is 24.6. The second-order valence-electron chi connectivity index (χ2n) is 7.99. The van der Waals surface area contributed by atoms with Crippen LogP contribution in [0, 0.1) is 0 Å². The van der Waals surface area contributed by atoms with E-state index in [2.05, 4.69) is 15.3 Å². The van der Waals surface area contributed by atoms with Gasteiger partial charge in [0.05, 0.1) is 23.7 Å². The number of hydrogen-bond donors (Lipinski definition) is 3.